The Morgan fingerprint density at radius 2 is 0.974 bits per heavy atom. The summed E-state index contributed by atoms with van der Waals surface area (Å²) in [4.78, 5) is 69.7. The lowest BCUT2D eigenvalue weighted by molar-refractivity contribution is -0.129. The Morgan fingerprint density at radius 1 is 0.564 bits per heavy atom. The van der Waals surface area contributed by atoms with Crippen LogP contribution in [0.2, 0.25) is 38.3 Å². The van der Waals surface area contributed by atoms with Gasteiger partial charge in [-0.1, -0.05) is 97.1 Å². The zero-order valence-corrected chi connectivity index (χ0v) is 47.7. The summed E-state index contributed by atoms with van der Waals surface area (Å²) in [5.74, 6) is 1.95. The van der Waals surface area contributed by atoms with Gasteiger partial charge in [0.25, 0.3) is 20.2 Å². The fourth-order valence-electron chi connectivity index (χ4n) is 9.86. The van der Waals surface area contributed by atoms with E-state index in [0.29, 0.717) is 92.4 Å². The molecule has 6 heterocycles. The monoisotopic (exact) mass is 1150 g/mol. The average Bonchev–Trinajstić information content (AvgIpc) is 4.30. The molecule has 4 aliphatic rings. The number of urea groups is 1. The maximum Gasteiger partial charge on any atom is 0.582 e. The van der Waals surface area contributed by atoms with Crippen molar-refractivity contribution in [1.29, 1.82) is 0 Å². The number of carbonyl (C=O) groups is 3. The number of amides is 3. The minimum absolute atomic E-state index is 0.00512. The summed E-state index contributed by atoms with van der Waals surface area (Å²) in [6.45, 7) is 8.33. The predicted molar refractivity (Wildman–Crippen MR) is 300 cm³/mol. The van der Waals surface area contributed by atoms with Crippen molar-refractivity contribution in [2.45, 2.75) is 62.6 Å². The van der Waals surface area contributed by atoms with Gasteiger partial charge in [-0.05, 0) is 58.0 Å². The summed E-state index contributed by atoms with van der Waals surface area (Å²) < 4.78 is 88.8. The van der Waals surface area contributed by atoms with E-state index in [1.165, 1.54) is 6.92 Å². The number of nitrogens with zero attached hydrogens (tertiary/aromatic N) is 8. The van der Waals surface area contributed by atoms with Crippen molar-refractivity contribution in [3.05, 3.63) is 130 Å². The summed E-state index contributed by atoms with van der Waals surface area (Å²) >= 11 is 0. The molecule has 0 fully saturated rings. The van der Waals surface area contributed by atoms with Gasteiger partial charge in [0.15, 0.2) is 45.8 Å². The van der Waals surface area contributed by atoms with Gasteiger partial charge < -0.3 is 28.9 Å². The molecule has 0 saturated heterocycles. The van der Waals surface area contributed by atoms with Crippen molar-refractivity contribution in [2.24, 2.45) is 30.0 Å². The molecule has 28 heteroatoms. The predicted octanol–water partition coefficient (Wildman–Crippen LogP) is 4.72. The van der Waals surface area contributed by atoms with Crippen LogP contribution in [0.3, 0.4) is 0 Å². The summed E-state index contributed by atoms with van der Waals surface area (Å²) in [5, 5.41) is 10.5. The zero-order chi connectivity index (χ0) is 55.4. The molecule has 0 saturated carbocycles. The number of fused-ring (bicyclic) bond motifs is 14. The smallest absolute Gasteiger partial charge is 0.404 e. The molecule has 5 N–H and O–H groups in total. The number of hydrogen-bond acceptors (Lipinski definition) is 16. The fraction of sp³-hybridized carbons (Fsp3) is 0.300. The van der Waals surface area contributed by atoms with E-state index in [1.807, 2.05) is 119 Å². The van der Waals surface area contributed by atoms with Crippen molar-refractivity contribution in [3.8, 4) is 0 Å². The molecule has 10 rings (SSSR count). The zero-order valence-electron chi connectivity index (χ0n) is 43.1. The lowest BCUT2D eigenvalue weighted by Crippen LogP contribution is -2.70. The molecule has 1 unspecified atom stereocenters. The third-order valence-corrected chi connectivity index (χ3v) is 28.1. The van der Waals surface area contributed by atoms with E-state index in [9.17, 15) is 40.3 Å². The van der Waals surface area contributed by atoms with Gasteiger partial charge in [0.1, 0.15) is 35.8 Å². The van der Waals surface area contributed by atoms with Gasteiger partial charge >= 0.3 is 14.9 Å². The topological polar surface area (TPSA) is 308 Å². The molecule has 6 bridgehead atoms. The van der Waals surface area contributed by atoms with Crippen LogP contribution in [0.1, 0.15) is 42.0 Å². The van der Waals surface area contributed by atoms with Crippen molar-refractivity contribution in [1.82, 2.24) is 24.4 Å². The van der Waals surface area contributed by atoms with Gasteiger partial charge in [-0.15, -0.1) is 0 Å². The number of ketones is 1. The van der Waals surface area contributed by atoms with Crippen LogP contribution >= 0.6 is 0 Å². The highest BCUT2D eigenvalue weighted by Crippen LogP contribution is 2.45. The summed E-state index contributed by atoms with van der Waals surface area (Å²) in [7, 11) is -21.7. The first-order chi connectivity index (χ1) is 37.0. The molecule has 4 aliphatic heterocycles. The molecule has 406 valence electrons. The van der Waals surface area contributed by atoms with Crippen LogP contribution in [0.5, 0.6) is 0 Å². The number of aromatic nitrogens is 2. The van der Waals surface area contributed by atoms with Gasteiger partial charge in [0, 0.05) is 56.9 Å². The molecule has 4 aromatic carbocycles. The number of ether oxygens (including phenoxy) is 1. The molecule has 1 atom stereocenters. The van der Waals surface area contributed by atoms with Crippen LogP contribution in [0.15, 0.2) is 127 Å². The maximum atomic E-state index is 13.0. The molecule has 6 aromatic rings. The van der Waals surface area contributed by atoms with E-state index in [1.54, 1.807) is 0 Å². The maximum absolute atomic E-state index is 13.0. The minimum atomic E-state index is -5.30. The van der Waals surface area contributed by atoms with Crippen LogP contribution in [-0.2, 0) is 42.8 Å². The second-order valence-electron chi connectivity index (χ2n) is 20.2. The Kier molecular flexibility index (Phi) is 14.6. The molecular formula is C50H55N11O12S2Si3. The molecule has 0 radical (unpaired) electrons. The van der Waals surface area contributed by atoms with Crippen LogP contribution in [0.4, 0.5) is 16.4 Å². The highest BCUT2D eigenvalue weighted by atomic mass is 32.3. The number of amidine groups is 4. The van der Waals surface area contributed by atoms with E-state index in [0.717, 1.165) is 22.3 Å². The number of Topliss-reactive ketones (excluding diaryl/α,β-unsaturated/α-hetero) is 1. The summed E-state index contributed by atoms with van der Waals surface area (Å²) in [6.07, 6.45) is 0.788. The lowest BCUT2D eigenvalue weighted by Gasteiger charge is -2.43. The van der Waals surface area contributed by atoms with E-state index in [2.05, 4.69) is 29.0 Å². The Hall–Kier alpha value is -7.00. The number of hydrogen-bond donors (Lipinski definition) is 5. The molecule has 23 nitrogen and oxygen atoms in total. The normalized spacial score (nSPS) is 16.5. The number of benzene rings is 4. The van der Waals surface area contributed by atoms with Gasteiger partial charge in [-0.2, -0.15) is 16.8 Å². The van der Waals surface area contributed by atoms with Gasteiger partial charge in [0.05, 0.1) is 6.54 Å². The second-order valence-corrected chi connectivity index (χ2v) is 35.4. The van der Waals surface area contributed by atoms with E-state index >= 15 is 0 Å². The largest absolute Gasteiger partial charge is 0.582 e. The molecule has 0 aliphatic carbocycles. The second kappa shape index (κ2) is 21.0. The Morgan fingerprint density at radius 3 is 1.41 bits per heavy atom. The SMILES string of the molecule is CC(=O)COCC(=O)NCCC[Si](C)(C)O[Si]1(O[Si](C)(C)CCCNC(=O)NCC(S(=O)(=O)O)S(=O)(=O)O)n2c3c4ccccc4c2N=C2N=C(N=c4c5ccccc5c(n41)=NC1=NC(=N3)c3ccccc31)c1ccccc12. The first kappa shape index (κ1) is 54.4. The first-order valence-corrected chi connectivity index (χ1v) is 35.9. The Bertz CT molecular complexity index is 3790. The average molecular weight is 1150 g/mol. The van der Waals surface area contributed by atoms with Crippen molar-refractivity contribution in [3.63, 3.8) is 0 Å². The van der Waals surface area contributed by atoms with Crippen molar-refractivity contribution in [2.75, 3.05) is 32.8 Å². The van der Waals surface area contributed by atoms with Gasteiger partial charge in [-0.3, -0.25) is 27.2 Å². The standard InChI is InChI=1S/C50H55N11O12S2Si3/c1-31(62)29-71-30-40(63)51-24-14-26-76(2,3)72-78(73-77(4,5)27-15-25-52-50(64)53-28-41(74(65,66)67)75(68,69)70)60-46-36-20-10-11-21-37(36)48(60)58-44-34-18-8-9-19-35(34)45(55-44)59-49-39-23-13-12-22-38(39)47(61(49)78)57-43-33-17-7-6-16-32(33)42(54-43)56-46/h6-13,16-23,41H,14-15,24-30H2,1-5H3,(H,51,63)(H2,52,53,64)(H,65,66,67)(H,68,69,70). The van der Waals surface area contributed by atoms with Crippen molar-refractivity contribution >= 4 is 120 Å². The molecule has 2 aromatic heterocycles. The molecule has 3 amide bonds. The van der Waals surface area contributed by atoms with Crippen LogP contribution in [0.25, 0.3) is 21.5 Å². The van der Waals surface area contributed by atoms with Crippen LogP contribution in [0, 0.1) is 0 Å². The number of aliphatic imine (C=N–C) groups is 4. The van der Waals surface area contributed by atoms with Gasteiger partial charge in [-0.25, -0.2) is 34.7 Å². The van der Waals surface area contributed by atoms with Gasteiger partial charge in [0.2, 0.25) is 10.5 Å². The first-order valence-electron chi connectivity index (χ1n) is 25.0. The molecule has 0 spiro atoms. The lowest BCUT2D eigenvalue weighted by atomic mass is 10.1. The highest BCUT2D eigenvalue weighted by Gasteiger charge is 2.58. The molecular weight excluding hydrogens is 1100 g/mol. The number of nitrogens with one attached hydrogen (secondary N) is 3. The third kappa shape index (κ3) is 10.8. The number of rotatable bonds is 20. The van der Waals surface area contributed by atoms with E-state index < -0.39 is 62.9 Å². The minimum Gasteiger partial charge on any atom is -0.404 e. The van der Waals surface area contributed by atoms with Crippen LogP contribution in [-0.4, -0.2) is 138 Å². The summed E-state index contributed by atoms with van der Waals surface area (Å²) in [5.41, 5.74) is 3.92. The highest BCUT2D eigenvalue weighted by molar-refractivity contribution is 8.04. The van der Waals surface area contributed by atoms with E-state index in [-0.39, 0.29) is 38.0 Å². The third-order valence-electron chi connectivity index (χ3n) is 13.3. The van der Waals surface area contributed by atoms with Crippen molar-refractivity contribution < 1.29 is 53.3 Å². The quantitative estimate of drug-likeness (QED) is 0.0394. The summed E-state index contributed by atoms with van der Waals surface area (Å²) in [6, 6.07) is 31.1. The number of carbonyl (C=O) groups excluding carboxylic acids is 3. The Labute approximate surface area is 451 Å². The van der Waals surface area contributed by atoms with Crippen LogP contribution < -0.4 is 26.9 Å². The van der Waals surface area contributed by atoms with E-state index in [4.69, 9.17) is 42.9 Å². The fourth-order valence-corrected chi connectivity index (χ4v) is 24.3. The molecule has 78 heavy (non-hydrogen) atoms. The Balaban J connectivity index is 1.18.